The first-order valence-corrected chi connectivity index (χ1v) is 12.2. The average Bonchev–Trinajstić information content (AvgIpc) is 3.39. The lowest BCUT2D eigenvalue weighted by atomic mass is 9.97. The zero-order chi connectivity index (χ0) is 21.5. The standard InChI is InChI=1S/C21H30N4O3S2/c1-14-6-8-25(9-7-14)17(18-5-4-10-29-18)12-22-20(26)13-30-16(3)21(27)23-19-11-15(2)28-24-19/h4-5,10-11,14,16-17H,6-9,12-13H2,1-3H3,(H,22,26)(H,23,24,27). The number of nitrogens with one attached hydrogen (secondary N) is 2. The van der Waals surface area contributed by atoms with E-state index in [1.54, 1.807) is 31.3 Å². The first kappa shape index (κ1) is 22.8. The normalized spacial score (nSPS) is 17.4. The van der Waals surface area contributed by atoms with Crippen molar-refractivity contribution in [1.29, 1.82) is 0 Å². The van der Waals surface area contributed by atoms with Crippen molar-refractivity contribution in [1.82, 2.24) is 15.4 Å². The van der Waals surface area contributed by atoms with Gasteiger partial charge in [0.1, 0.15) is 5.76 Å². The van der Waals surface area contributed by atoms with Gasteiger partial charge in [-0.2, -0.15) is 0 Å². The van der Waals surface area contributed by atoms with Crippen molar-refractivity contribution in [2.45, 2.75) is 44.9 Å². The highest BCUT2D eigenvalue weighted by Gasteiger charge is 2.26. The molecule has 1 aliphatic rings. The van der Waals surface area contributed by atoms with E-state index in [-0.39, 0.29) is 28.9 Å². The molecule has 0 bridgehead atoms. The van der Waals surface area contributed by atoms with Crippen LogP contribution in [0.5, 0.6) is 0 Å². The van der Waals surface area contributed by atoms with Gasteiger partial charge in [-0.25, -0.2) is 0 Å². The van der Waals surface area contributed by atoms with E-state index in [9.17, 15) is 9.59 Å². The second-order valence-electron chi connectivity index (χ2n) is 7.82. The fraction of sp³-hybridized carbons (Fsp3) is 0.571. The molecule has 1 saturated heterocycles. The average molecular weight is 451 g/mol. The fourth-order valence-corrected chi connectivity index (χ4v) is 5.00. The lowest BCUT2D eigenvalue weighted by Crippen LogP contribution is -2.42. The number of aromatic nitrogens is 1. The molecule has 3 heterocycles. The van der Waals surface area contributed by atoms with Gasteiger partial charge >= 0.3 is 0 Å². The molecule has 2 N–H and O–H groups in total. The summed E-state index contributed by atoms with van der Waals surface area (Å²) in [6.07, 6.45) is 2.40. The fourth-order valence-electron chi connectivity index (χ4n) is 3.42. The van der Waals surface area contributed by atoms with Gasteiger partial charge in [-0.3, -0.25) is 14.5 Å². The van der Waals surface area contributed by atoms with Crippen molar-refractivity contribution < 1.29 is 14.1 Å². The number of carbonyl (C=O) groups is 2. The van der Waals surface area contributed by atoms with Gasteiger partial charge in [0.25, 0.3) is 0 Å². The number of aryl methyl sites for hydroxylation is 1. The molecule has 0 aliphatic carbocycles. The van der Waals surface area contributed by atoms with Crippen LogP contribution in [0.3, 0.4) is 0 Å². The predicted octanol–water partition coefficient (Wildman–Crippen LogP) is 3.69. The van der Waals surface area contributed by atoms with Gasteiger partial charge < -0.3 is 15.2 Å². The molecule has 0 aromatic carbocycles. The van der Waals surface area contributed by atoms with E-state index in [1.807, 2.05) is 0 Å². The Bertz CT molecular complexity index is 816. The Hall–Kier alpha value is -1.84. The van der Waals surface area contributed by atoms with E-state index in [0.29, 0.717) is 18.1 Å². The SMILES string of the molecule is Cc1cc(NC(=O)C(C)SCC(=O)NCC(c2cccs2)N2CCC(C)CC2)no1. The lowest BCUT2D eigenvalue weighted by Gasteiger charge is -2.36. The number of rotatable bonds is 9. The summed E-state index contributed by atoms with van der Waals surface area (Å²) < 4.78 is 4.95. The minimum absolute atomic E-state index is 0.0520. The molecule has 7 nitrogen and oxygen atoms in total. The summed E-state index contributed by atoms with van der Waals surface area (Å²) >= 11 is 3.05. The van der Waals surface area contributed by atoms with Crippen molar-refractivity contribution in [2.24, 2.45) is 5.92 Å². The molecule has 0 saturated carbocycles. The third-order valence-corrected chi connectivity index (χ3v) is 7.45. The van der Waals surface area contributed by atoms with Crippen molar-refractivity contribution in [3.8, 4) is 0 Å². The molecule has 30 heavy (non-hydrogen) atoms. The summed E-state index contributed by atoms with van der Waals surface area (Å²) in [5.74, 6) is 1.78. The topological polar surface area (TPSA) is 87.5 Å². The largest absolute Gasteiger partial charge is 0.360 e. The Kier molecular flexibility index (Phi) is 8.35. The highest BCUT2D eigenvalue weighted by molar-refractivity contribution is 8.01. The maximum absolute atomic E-state index is 12.4. The smallest absolute Gasteiger partial charge is 0.238 e. The van der Waals surface area contributed by atoms with Crippen molar-refractivity contribution in [3.63, 3.8) is 0 Å². The van der Waals surface area contributed by atoms with Gasteiger partial charge in [0.15, 0.2) is 5.82 Å². The van der Waals surface area contributed by atoms with Gasteiger partial charge in [0, 0.05) is 17.5 Å². The Labute approximate surface area is 186 Å². The molecule has 2 atom stereocenters. The summed E-state index contributed by atoms with van der Waals surface area (Å²) in [4.78, 5) is 28.4. The molecule has 1 aliphatic heterocycles. The Morgan fingerprint density at radius 1 is 1.40 bits per heavy atom. The summed E-state index contributed by atoms with van der Waals surface area (Å²) in [5.41, 5.74) is 0. The zero-order valence-electron chi connectivity index (χ0n) is 17.7. The molecule has 3 rings (SSSR count). The van der Waals surface area contributed by atoms with Crippen LogP contribution in [0.1, 0.15) is 43.4 Å². The molecule has 2 aromatic rings. The number of thiophene rings is 1. The Balaban J connectivity index is 1.45. The van der Waals surface area contributed by atoms with Crippen LogP contribution < -0.4 is 10.6 Å². The molecule has 9 heteroatoms. The molecule has 0 radical (unpaired) electrons. The number of anilines is 1. The number of carbonyl (C=O) groups excluding carboxylic acids is 2. The first-order chi connectivity index (χ1) is 14.4. The molecular formula is C21H30N4O3S2. The second kappa shape index (κ2) is 11.0. The van der Waals surface area contributed by atoms with E-state index >= 15 is 0 Å². The van der Waals surface area contributed by atoms with Gasteiger partial charge in [0.2, 0.25) is 11.8 Å². The van der Waals surface area contributed by atoms with Crippen LogP contribution in [0.2, 0.25) is 0 Å². The van der Waals surface area contributed by atoms with Crippen molar-refractivity contribution >= 4 is 40.7 Å². The van der Waals surface area contributed by atoms with Crippen molar-refractivity contribution in [2.75, 3.05) is 30.7 Å². The van der Waals surface area contributed by atoms with Crippen LogP contribution in [0.4, 0.5) is 5.82 Å². The van der Waals surface area contributed by atoms with Gasteiger partial charge in [-0.15, -0.1) is 23.1 Å². The van der Waals surface area contributed by atoms with E-state index in [4.69, 9.17) is 4.52 Å². The molecule has 0 spiro atoms. The third-order valence-electron chi connectivity index (χ3n) is 5.34. The van der Waals surface area contributed by atoms with E-state index < -0.39 is 0 Å². The highest BCUT2D eigenvalue weighted by atomic mass is 32.2. The van der Waals surface area contributed by atoms with Crippen LogP contribution >= 0.6 is 23.1 Å². The van der Waals surface area contributed by atoms with Gasteiger partial charge in [0.05, 0.1) is 17.0 Å². The number of piperidine rings is 1. The maximum Gasteiger partial charge on any atom is 0.238 e. The zero-order valence-corrected chi connectivity index (χ0v) is 19.4. The minimum atomic E-state index is -0.371. The van der Waals surface area contributed by atoms with E-state index in [1.165, 1.54) is 29.5 Å². The van der Waals surface area contributed by atoms with Crippen molar-refractivity contribution in [3.05, 3.63) is 34.2 Å². The Morgan fingerprint density at radius 3 is 2.80 bits per heavy atom. The predicted molar refractivity (Wildman–Crippen MR) is 122 cm³/mol. The van der Waals surface area contributed by atoms with Crippen LogP contribution in [0.25, 0.3) is 0 Å². The molecular weight excluding hydrogens is 420 g/mol. The van der Waals surface area contributed by atoms with Crippen LogP contribution in [-0.4, -0.2) is 52.5 Å². The van der Waals surface area contributed by atoms with E-state index in [2.05, 4.69) is 45.1 Å². The second-order valence-corrected chi connectivity index (χ2v) is 10.1. The Morgan fingerprint density at radius 2 is 2.17 bits per heavy atom. The first-order valence-electron chi connectivity index (χ1n) is 10.3. The monoisotopic (exact) mass is 450 g/mol. The molecule has 164 valence electrons. The number of likely N-dealkylation sites (tertiary alicyclic amines) is 1. The number of hydrogen-bond donors (Lipinski definition) is 2. The number of amides is 2. The lowest BCUT2D eigenvalue weighted by molar-refractivity contribution is -0.118. The number of thioether (sulfide) groups is 1. The van der Waals surface area contributed by atoms with Crippen LogP contribution in [0.15, 0.2) is 28.1 Å². The van der Waals surface area contributed by atoms with Gasteiger partial charge in [-0.1, -0.05) is 18.1 Å². The van der Waals surface area contributed by atoms with Gasteiger partial charge in [-0.05, 0) is 57.1 Å². The van der Waals surface area contributed by atoms with Crippen LogP contribution in [0, 0.1) is 12.8 Å². The molecule has 2 aromatic heterocycles. The maximum atomic E-state index is 12.4. The summed E-state index contributed by atoms with van der Waals surface area (Å²) in [6, 6.07) is 6.08. The summed E-state index contributed by atoms with van der Waals surface area (Å²) in [7, 11) is 0. The third kappa shape index (κ3) is 6.58. The van der Waals surface area contributed by atoms with Crippen LogP contribution in [-0.2, 0) is 9.59 Å². The number of nitrogens with zero attached hydrogens (tertiary/aromatic N) is 2. The molecule has 1 fully saturated rings. The molecule has 2 amide bonds. The summed E-state index contributed by atoms with van der Waals surface area (Å²) in [6.45, 7) is 8.56. The minimum Gasteiger partial charge on any atom is -0.360 e. The highest BCUT2D eigenvalue weighted by Crippen LogP contribution is 2.29. The van der Waals surface area contributed by atoms with E-state index in [0.717, 1.165) is 19.0 Å². The molecule has 2 unspecified atom stereocenters. The quantitative estimate of drug-likeness (QED) is 0.606. The summed E-state index contributed by atoms with van der Waals surface area (Å²) in [5, 5.41) is 11.2. The number of hydrogen-bond acceptors (Lipinski definition) is 7.